The zero-order valence-corrected chi connectivity index (χ0v) is 11.1. The second kappa shape index (κ2) is 5.42. The van der Waals surface area contributed by atoms with Gasteiger partial charge in [0, 0.05) is 19.4 Å². The number of carboxylic acids is 1. The average molecular weight is 265 g/mol. The Bertz CT molecular complexity index is 506. The van der Waals surface area contributed by atoms with E-state index < -0.39 is 11.5 Å². The topological polar surface area (TPSA) is 86.3 Å². The van der Waals surface area contributed by atoms with Crippen LogP contribution in [0.4, 0.5) is 5.82 Å². The van der Waals surface area contributed by atoms with Crippen molar-refractivity contribution < 1.29 is 9.90 Å². The third-order valence-electron chi connectivity index (χ3n) is 3.98. The molecule has 0 atom stereocenters. The highest BCUT2D eigenvalue weighted by Gasteiger charge is 2.39. The van der Waals surface area contributed by atoms with E-state index in [0.29, 0.717) is 5.82 Å². The van der Waals surface area contributed by atoms with Gasteiger partial charge >= 0.3 is 5.97 Å². The maximum Gasteiger partial charge on any atom is 0.305 e. The lowest BCUT2D eigenvalue weighted by molar-refractivity contribution is -0.138. The van der Waals surface area contributed by atoms with Gasteiger partial charge in [-0.3, -0.25) is 9.59 Å². The lowest BCUT2D eigenvalue weighted by Crippen LogP contribution is -2.51. The molecule has 6 nitrogen and oxygen atoms in total. The van der Waals surface area contributed by atoms with Crippen molar-refractivity contribution in [3.8, 4) is 0 Å². The number of hydrogen-bond donors (Lipinski definition) is 2. The number of hydrogen-bond acceptors (Lipinski definition) is 4. The Balaban J connectivity index is 2.35. The highest BCUT2D eigenvalue weighted by Crippen LogP contribution is 2.36. The van der Waals surface area contributed by atoms with Gasteiger partial charge in [0.1, 0.15) is 0 Å². The van der Waals surface area contributed by atoms with Crippen LogP contribution in [0.2, 0.25) is 0 Å². The van der Waals surface area contributed by atoms with E-state index in [0.717, 1.165) is 32.1 Å². The van der Waals surface area contributed by atoms with Crippen molar-refractivity contribution in [1.82, 2.24) is 9.97 Å². The highest BCUT2D eigenvalue weighted by molar-refractivity contribution is 5.69. The molecule has 6 heteroatoms. The summed E-state index contributed by atoms with van der Waals surface area (Å²) in [6.07, 6.45) is 7.70. The molecule has 1 heterocycles. The molecule has 1 aliphatic rings. The summed E-state index contributed by atoms with van der Waals surface area (Å²) in [5, 5.41) is 9.16. The molecular weight excluding hydrogens is 246 g/mol. The molecule has 0 aliphatic heterocycles. The van der Waals surface area contributed by atoms with Gasteiger partial charge in [0.2, 0.25) is 0 Å². The summed E-state index contributed by atoms with van der Waals surface area (Å²) in [4.78, 5) is 31.4. The standard InChI is InChI=1S/C13H19N3O3/c1-16(11-12(19)15-8-7-14-11)13(9-10(17)18)5-3-2-4-6-13/h7-8H,2-6,9H2,1H3,(H,15,19)(H,17,18). The van der Waals surface area contributed by atoms with E-state index in [1.165, 1.54) is 12.4 Å². The normalized spacial score (nSPS) is 17.9. The van der Waals surface area contributed by atoms with Gasteiger partial charge < -0.3 is 15.0 Å². The van der Waals surface area contributed by atoms with E-state index in [-0.39, 0.29) is 12.0 Å². The number of carboxylic acid groups (broad SMARTS) is 1. The van der Waals surface area contributed by atoms with Gasteiger partial charge in [0.15, 0.2) is 5.82 Å². The van der Waals surface area contributed by atoms with Crippen molar-refractivity contribution in [3.05, 3.63) is 22.7 Å². The van der Waals surface area contributed by atoms with Crippen LogP contribution in [0.1, 0.15) is 38.5 Å². The molecule has 0 bridgehead atoms. The first kappa shape index (κ1) is 13.6. The monoisotopic (exact) mass is 265 g/mol. The molecule has 1 aliphatic carbocycles. The average Bonchev–Trinajstić information content (AvgIpc) is 2.39. The lowest BCUT2D eigenvalue weighted by Gasteiger charge is -2.44. The Morgan fingerprint density at radius 3 is 2.74 bits per heavy atom. The quantitative estimate of drug-likeness (QED) is 0.859. The number of rotatable bonds is 4. The van der Waals surface area contributed by atoms with E-state index in [2.05, 4.69) is 9.97 Å². The minimum atomic E-state index is -0.832. The van der Waals surface area contributed by atoms with Crippen molar-refractivity contribution in [1.29, 1.82) is 0 Å². The van der Waals surface area contributed by atoms with Crippen LogP contribution in [0.5, 0.6) is 0 Å². The van der Waals surface area contributed by atoms with Gasteiger partial charge in [-0.25, -0.2) is 4.98 Å². The smallest absolute Gasteiger partial charge is 0.305 e. The van der Waals surface area contributed by atoms with Crippen molar-refractivity contribution in [2.24, 2.45) is 0 Å². The first-order valence-corrected chi connectivity index (χ1v) is 6.54. The Hall–Kier alpha value is -1.85. The van der Waals surface area contributed by atoms with Crippen LogP contribution in [0.15, 0.2) is 17.2 Å². The highest BCUT2D eigenvalue weighted by atomic mass is 16.4. The fourth-order valence-corrected chi connectivity index (χ4v) is 2.93. The Morgan fingerprint density at radius 1 is 1.47 bits per heavy atom. The number of anilines is 1. The van der Waals surface area contributed by atoms with Crippen molar-refractivity contribution in [3.63, 3.8) is 0 Å². The molecule has 19 heavy (non-hydrogen) atoms. The predicted molar refractivity (Wildman–Crippen MR) is 71.3 cm³/mol. The lowest BCUT2D eigenvalue weighted by atomic mass is 9.78. The number of H-pyrrole nitrogens is 1. The van der Waals surface area contributed by atoms with E-state index in [4.69, 9.17) is 5.11 Å². The fraction of sp³-hybridized carbons (Fsp3) is 0.615. The molecule has 1 fully saturated rings. The van der Waals surface area contributed by atoms with Crippen molar-refractivity contribution >= 4 is 11.8 Å². The second-order valence-electron chi connectivity index (χ2n) is 5.16. The zero-order valence-electron chi connectivity index (χ0n) is 11.1. The number of aromatic amines is 1. The first-order chi connectivity index (χ1) is 9.05. The number of nitrogens with one attached hydrogen (secondary N) is 1. The third-order valence-corrected chi connectivity index (χ3v) is 3.98. The number of carbonyl (C=O) groups is 1. The predicted octanol–water partition coefficient (Wildman–Crippen LogP) is 1.38. The molecule has 0 amide bonds. The molecule has 0 spiro atoms. The maximum atomic E-state index is 11.8. The SMILES string of the molecule is CN(c1ncc[nH]c1=O)C1(CC(=O)O)CCCCC1. The Labute approximate surface area is 111 Å². The fourth-order valence-electron chi connectivity index (χ4n) is 2.93. The van der Waals surface area contributed by atoms with E-state index in [1.54, 1.807) is 11.9 Å². The number of aliphatic carboxylic acids is 1. The van der Waals surface area contributed by atoms with Crippen molar-refractivity contribution in [2.75, 3.05) is 11.9 Å². The summed E-state index contributed by atoms with van der Waals surface area (Å²) in [6, 6.07) is 0. The third kappa shape index (κ3) is 2.77. The Morgan fingerprint density at radius 2 is 2.16 bits per heavy atom. The van der Waals surface area contributed by atoms with Gasteiger partial charge in [0.05, 0.1) is 12.0 Å². The molecule has 1 aromatic heterocycles. The number of nitrogens with zero attached hydrogens (tertiary/aromatic N) is 2. The molecule has 104 valence electrons. The van der Waals surface area contributed by atoms with E-state index in [9.17, 15) is 9.59 Å². The number of aromatic nitrogens is 2. The summed E-state index contributed by atoms with van der Waals surface area (Å²) < 4.78 is 0. The van der Waals surface area contributed by atoms with Gasteiger partial charge in [-0.1, -0.05) is 19.3 Å². The maximum absolute atomic E-state index is 11.8. The largest absolute Gasteiger partial charge is 0.481 e. The van der Waals surface area contributed by atoms with Gasteiger partial charge in [0.25, 0.3) is 5.56 Å². The summed E-state index contributed by atoms with van der Waals surface area (Å²) in [7, 11) is 1.77. The van der Waals surface area contributed by atoms with Gasteiger partial charge in [-0.15, -0.1) is 0 Å². The first-order valence-electron chi connectivity index (χ1n) is 6.54. The molecule has 1 saturated carbocycles. The molecule has 0 saturated heterocycles. The van der Waals surface area contributed by atoms with Gasteiger partial charge in [-0.05, 0) is 12.8 Å². The second-order valence-corrected chi connectivity index (χ2v) is 5.16. The minimum Gasteiger partial charge on any atom is -0.481 e. The minimum absolute atomic E-state index is 0.0412. The summed E-state index contributed by atoms with van der Waals surface area (Å²) in [5.74, 6) is -0.535. The van der Waals surface area contributed by atoms with E-state index >= 15 is 0 Å². The molecule has 0 unspecified atom stereocenters. The Kier molecular flexibility index (Phi) is 3.87. The van der Waals surface area contributed by atoms with Crippen LogP contribution >= 0.6 is 0 Å². The molecule has 2 rings (SSSR count). The van der Waals surface area contributed by atoms with Crippen LogP contribution in [0.25, 0.3) is 0 Å². The van der Waals surface area contributed by atoms with E-state index in [1.807, 2.05) is 0 Å². The van der Waals surface area contributed by atoms with Gasteiger partial charge in [-0.2, -0.15) is 0 Å². The van der Waals surface area contributed by atoms with Crippen LogP contribution in [0.3, 0.4) is 0 Å². The molecule has 0 aromatic carbocycles. The summed E-state index contributed by atoms with van der Waals surface area (Å²) in [5.41, 5.74) is -0.772. The van der Waals surface area contributed by atoms with Crippen LogP contribution in [-0.4, -0.2) is 33.6 Å². The van der Waals surface area contributed by atoms with Crippen LogP contribution in [0, 0.1) is 0 Å². The van der Waals surface area contributed by atoms with Crippen LogP contribution < -0.4 is 10.5 Å². The van der Waals surface area contributed by atoms with Crippen LogP contribution in [-0.2, 0) is 4.79 Å². The molecule has 2 N–H and O–H groups in total. The van der Waals surface area contributed by atoms with Crippen molar-refractivity contribution in [2.45, 2.75) is 44.1 Å². The molecular formula is C13H19N3O3. The molecule has 1 aromatic rings. The molecule has 0 radical (unpaired) electrons. The summed E-state index contributed by atoms with van der Waals surface area (Å²) in [6.45, 7) is 0. The summed E-state index contributed by atoms with van der Waals surface area (Å²) >= 11 is 0. The zero-order chi connectivity index (χ0) is 13.9.